The van der Waals surface area contributed by atoms with E-state index in [1.165, 1.54) is 0 Å². The molecule has 0 unspecified atom stereocenters. The van der Waals surface area contributed by atoms with Crippen LogP contribution in [0.1, 0.15) is 12.8 Å². The van der Waals surface area contributed by atoms with Crippen molar-refractivity contribution in [2.24, 2.45) is 0 Å². The smallest absolute Gasteiger partial charge is 0.282 e. The maximum absolute atomic E-state index is 10.7. The van der Waals surface area contributed by atoms with Gasteiger partial charge in [0.05, 0.1) is 8.49 Å². The maximum Gasteiger partial charge on any atom is 0.282 e. The summed E-state index contributed by atoms with van der Waals surface area (Å²) >= 11 is 2.00. The van der Waals surface area contributed by atoms with Gasteiger partial charge in [0, 0.05) is 17.8 Å². The first-order valence-corrected chi connectivity index (χ1v) is 6.66. The predicted octanol–water partition coefficient (Wildman–Crippen LogP) is 2.36. The largest absolute Gasteiger partial charge is 0.382 e. The number of benzene rings is 1. The fourth-order valence-electron chi connectivity index (χ4n) is 1.95. The van der Waals surface area contributed by atoms with Crippen LogP contribution in [-0.4, -0.2) is 24.1 Å². The number of nitro groups is 1. The Morgan fingerprint density at radius 2 is 2.12 bits per heavy atom. The lowest BCUT2D eigenvalue weighted by molar-refractivity contribution is -0.385. The molecule has 92 valence electrons. The Bertz CT molecular complexity index is 419. The van der Waals surface area contributed by atoms with Gasteiger partial charge in [0.15, 0.2) is 0 Å². The van der Waals surface area contributed by atoms with Crippen LogP contribution in [0.5, 0.6) is 0 Å². The Labute approximate surface area is 113 Å². The molecule has 0 saturated carbocycles. The number of anilines is 1. The highest BCUT2D eigenvalue weighted by atomic mass is 127. The van der Waals surface area contributed by atoms with E-state index in [4.69, 9.17) is 0 Å². The number of halogens is 1. The molecule has 0 atom stereocenters. The third-order valence-corrected chi connectivity index (χ3v) is 3.72. The van der Waals surface area contributed by atoms with Crippen LogP contribution in [0.25, 0.3) is 0 Å². The third-order valence-electron chi connectivity index (χ3n) is 2.85. The molecular weight excluding hydrogens is 333 g/mol. The van der Waals surface area contributed by atoms with Crippen LogP contribution in [0.4, 0.5) is 11.4 Å². The quantitative estimate of drug-likeness (QED) is 0.501. The van der Waals surface area contributed by atoms with Crippen molar-refractivity contribution < 1.29 is 4.92 Å². The highest BCUT2D eigenvalue weighted by molar-refractivity contribution is 14.1. The first-order valence-electron chi connectivity index (χ1n) is 5.58. The van der Waals surface area contributed by atoms with E-state index in [-0.39, 0.29) is 10.6 Å². The van der Waals surface area contributed by atoms with E-state index in [0.29, 0.717) is 9.61 Å². The topological polar surface area (TPSA) is 67.2 Å². The van der Waals surface area contributed by atoms with Gasteiger partial charge in [-0.25, -0.2) is 0 Å². The van der Waals surface area contributed by atoms with Gasteiger partial charge < -0.3 is 10.6 Å². The van der Waals surface area contributed by atoms with E-state index in [0.717, 1.165) is 31.6 Å². The molecule has 1 aromatic rings. The fourth-order valence-corrected chi connectivity index (χ4v) is 2.66. The van der Waals surface area contributed by atoms with E-state index in [1.807, 2.05) is 28.7 Å². The molecular formula is C11H14IN3O2. The normalized spacial score (nSPS) is 16.8. The third kappa shape index (κ3) is 3.29. The molecule has 1 aromatic carbocycles. The number of hydrogen-bond donors (Lipinski definition) is 2. The van der Waals surface area contributed by atoms with Crippen LogP contribution in [0.2, 0.25) is 0 Å². The lowest BCUT2D eigenvalue weighted by Crippen LogP contribution is -2.35. The number of piperidine rings is 1. The molecule has 17 heavy (non-hydrogen) atoms. The molecule has 1 aliphatic heterocycles. The van der Waals surface area contributed by atoms with Crippen LogP contribution in [-0.2, 0) is 0 Å². The molecule has 0 aliphatic carbocycles. The van der Waals surface area contributed by atoms with Gasteiger partial charge in [-0.15, -0.1) is 0 Å². The van der Waals surface area contributed by atoms with E-state index in [2.05, 4.69) is 10.6 Å². The minimum Gasteiger partial charge on any atom is -0.382 e. The van der Waals surface area contributed by atoms with Crippen molar-refractivity contribution in [3.8, 4) is 0 Å². The molecule has 0 aromatic heterocycles. The molecule has 2 N–H and O–H groups in total. The summed E-state index contributed by atoms with van der Waals surface area (Å²) in [7, 11) is 0. The molecule has 0 radical (unpaired) electrons. The average molecular weight is 347 g/mol. The average Bonchev–Trinajstić information content (AvgIpc) is 2.30. The standard InChI is InChI=1S/C11H14IN3O2/c12-10-7-9(1-2-11(10)15(16)17)14-8-3-5-13-6-4-8/h1-2,7-8,13-14H,3-6H2. The van der Waals surface area contributed by atoms with E-state index >= 15 is 0 Å². The zero-order valence-corrected chi connectivity index (χ0v) is 11.4. The molecule has 0 amide bonds. The number of hydrogen-bond acceptors (Lipinski definition) is 4. The zero-order valence-electron chi connectivity index (χ0n) is 9.28. The Balaban J connectivity index is 2.06. The SMILES string of the molecule is O=[N+]([O-])c1ccc(NC2CCNCC2)cc1I. The van der Waals surface area contributed by atoms with E-state index in [1.54, 1.807) is 12.1 Å². The van der Waals surface area contributed by atoms with E-state index < -0.39 is 0 Å². The molecule has 2 rings (SSSR count). The van der Waals surface area contributed by atoms with Crippen molar-refractivity contribution in [1.82, 2.24) is 5.32 Å². The summed E-state index contributed by atoms with van der Waals surface area (Å²) in [5.41, 5.74) is 1.13. The fraction of sp³-hybridized carbons (Fsp3) is 0.455. The second-order valence-corrected chi connectivity index (χ2v) is 5.25. The maximum atomic E-state index is 10.7. The molecule has 1 heterocycles. The van der Waals surface area contributed by atoms with Crippen LogP contribution >= 0.6 is 22.6 Å². The molecule has 1 fully saturated rings. The Kier molecular flexibility index (Phi) is 4.16. The monoisotopic (exact) mass is 347 g/mol. The molecule has 0 spiro atoms. The van der Waals surface area contributed by atoms with Crippen molar-refractivity contribution in [2.75, 3.05) is 18.4 Å². The van der Waals surface area contributed by atoms with Gasteiger partial charge >= 0.3 is 0 Å². The number of rotatable bonds is 3. The summed E-state index contributed by atoms with van der Waals surface area (Å²) in [4.78, 5) is 10.3. The van der Waals surface area contributed by atoms with Crippen molar-refractivity contribution in [3.63, 3.8) is 0 Å². The Morgan fingerprint density at radius 1 is 1.41 bits per heavy atom. The van der Waals surface area contributed by atoms with Gasteiger partial charge in [0.25, 0.3) is 5.69 Å². The van der Waals surface area contributed by atoms with E-state index in [9.17, 15) is 10.1 Å². The number of nitro benzene ring substituents is 1. The molecule has 0 bridgehead atoms. The second-order valence-electron chi connectivity index (χ2n) is 4.09. The minimum absolute atomic E-state index is 0.168. The van der Waals surface area contributed by atoms with Crippen LogP contribution < -0.4 is 10.6 Å². The summed E-state index contributed by atoms with van der Waals surface area (Å²) in [6.45, 7) is 2.06. The van der Waals surface area contributed by atoms with Crippen molar-refractivity contribution in [2.45, 2.75) is 18.9 Å². The lowest BCUT2D eigenvalue weighted by atomic mass is 10.1. The van der Waals surface area contributed by atoms with Gasteiger partial charge in [-0.1, -0.05) is 0 Å². The molecule has 1 saturated heterocycles. The van der Waals surface area contributed by atoms with Gasteiger partial charge in [0.1, 0.15) is 0 Å². The summed E-state index contributed by atoms with van der Waals surface area (Å²) in [5.74, 6) is 0. The van der Waals surface area contributed by atoms with Crippen molar-refractivity contribution in [1.29, 1.82) is 0 Å². The second kappa shape index (κ2) is 5.63. The Morgan fingerprint density at radius 3 is 2.71 bits per heavy atom. The Hall–Kier alpha value is -0.890. The predicted molar refractivity (Wildman–Crippen MR) is 75.3 cm³/mol. The first-order chi connectivity index (χ1) is 8.16. The summed E-state index contributed by atoms with van der Waals surface area (Å²) in [6, 6.07) is 5.64. The van der Waals surface area contributed by atoms with Gasteiger partial charge in [0.2, 0.25) is 0 Å². The zero-order chi connectivity index (χ0) is 12.3. The first kappa shape index (κ1) is 12.6. The molecule has 6 heteroatoms. The highest BCUT2D eigenvalue weighted by Gasteiger charge is 2.15. The van der Waals surface area contributed by atoms with Crippen molar-refractivity contribution in [3.05, 3.63) is 31.9 Å². The number of nitrogens with zero attached hydrogens (tertiary/aromatic N) is 1. The summed E-state index contributed by atoms with van der Waals surface area (Å²) in [5, 5.41) is 17.4. The highest BCUT2D eigenvalue weighted by Crippen LogP contribution is 2.25. The lowest BCUT2D eigenvalue weighted by Gasteiger charge is -2.24. The van der Waals surface area contributed by atoms with Crippen LogP contribution in [0, 0.1) is 13.7 Å². The summed E-state index contributed by atoms with van der Waals surface area (Å²) in [6.07, 6.45) is 2.18. The van der Waals surface area contributed by atoms with Crippen molar-refractivity contribution >= 4 is 34.0 Å². The minimum atomic E-state index is -0.351. The molecule has 5 nitrogen and oxygen atoms in total. The van der Waals surface area contributed by atoms with Gasteiger partial charge in [-0.3, -0.25) is 10.1 Å². The molecule has 1 aliphatic rings. The van der Waals surface area contributed by atoms with Gasteiger partial charge in [-0.05, 0) is 60.7 Å². The summed E-state index contributed by atoms with van der Waals surface area (Å²) < 4.78 is 0.673. The number of nitrogens with one attached hydrogen (secondary N) is 2. The van der Waals surface area contributed by atoms with Crippen LogP contribution in [0.15, 0.2) is 18.2 Å². The van der Waals surface area contributed by atoms with Gasteiger partial charge in [-0.2, -0.15) is 0 Å². The van der Waals surface area contributed by atoms with Crippen LogP contribution in [0.3, 0.4) is 0 Å².